The third-order valence-electron chi connectivity index (χ3n) is 9.40. The highest BCUT2D eigenvalue weighted by molar-refractivity contribution is 6.30. The number of rotatable bonds is 50. The van der Waals surface area contributed by atoms with Crippen molar-refractivity contribution in [3.63, 3.8) is 0 Å². The number of allylic oxidation sites excluding steroid dienone is 1. The second-order valence-electron chi connectivity index (χ2n) is 14.8. The van der Waals surface area contributed by atoms with E-state index in [9.17, 15) is 29.7 Å². The van der Waals surface area contributed by atoms with E-state index in [0.29, 0.717) is 170 Å². The van der Waals surface area contributed by atoms with Crippen LogP contribution in [0.5, 0.6) is 0 Å². The van der Waals surface area contributed by atoms with Gasteiger partial charge in [-0.3, -0.25) is 19.4 Å². The van der Waals surface area contributed by atoms with Gasteiger partial charge in [-0.05, 0) is 19.0 Å². The smallest absolute Gasteiger partial charge is 0.392 e. The number of likely N-dealkylation sites (N-methyl/N-ethyl adjacent to an activating group) is 1. The number of ether oxygens (including phenoxy) is 13. The molecule has 3 unspecified atom stereocenters. The van der Waals surface area contributed by atoms with Crippen molar-refractivity contribution in [1.82, 2.24) is 15.4 Å². The van der Waals surface area contributed by atoms with Crippen molar-refractivity contribution in [1.29, 1.82) is 0 Å². The van der Waals surface area contributed by atoms with Crippen LogP contribution < -0.4 is 16.4 Å². The lowest BCUT2D eigenvalue weighted by atomic mass is 9.96. The summed E-state index contributed by atoms with van der Waals surface area (Å²) in [5.74, 6) is 4.91. The third-order valence-corrected chi connectivity index (χ3v) is 9.40. The molecule has 8 N–H and O–H groups in total. The Hall–Kier alpha value is -3.17. The van der Waals surface area contributed by atoms with Gasteiger partial charge in [-0.1, -0.05) is 0 Å². The maximum Gasteiger partial charge on any atom is 0.392 e. The van der Waals surface area contributed by atoms with Crippen molar-refractivity contribution >= 4 is 37.6 Å². The van der Waals surface area contributed by atoms with Gasteiger partial charge < -0.3 is 103 Å². The molecule has 0 aromatic carbocycles. The van der Waals surface area contributed by atoms with E-state index in [0.717, 1.165) is 19.8 Å². The summed E-state index contributed by atoms with van der Waals surface area (Å²) >= 11 is 0. The van der Waals surface area contributed by atoms with Gasteiger partial charge in [0.25, 0.3) is 0 Å². The molecular formula is C43H80BN6O20. The van der Waals surface area contributed by atoms with E-state index in [2.05, 4.69) is 20.6 Å². The van der Waals surface area contributed by atoms with Gasteiger partial charge in [-0.2, -0.15) is 5.10 Å². The minimum Gasteiger partial charge on any atom is -0.440 e. The minimum absolute atomic E-state index is 0.0612. The first-order valence-corrected chi connectivity index (χ1v) is 23.5. The van der Waals surface area contributed by atoms with Crippen molar-refractivity contribution in [3.05, 3.63) is 12.2 Å². The maximum absolute atomic E-state index is 11.9. The molecule has 1 rings (SSSR count). The van der Waals surface area contributed by atoms with Gasteiger partial charge in [-0.25, -0.2) is 0 Å². The van der Waals surface area contributed by atoms with E-state index in [1.807, 2.05) is 0 Å². The van der Waals surface area contributed by atoms with Gasteiger partial charge in [-0.15, -0.1) is 0 Å². The van der Waals surface area contributed by atoms with Crippen LogP contribution in [0, 0.1) is 0 Å². The van der Waals surface area contributed by atoms with Crippen molar-refractivity contribution in [3.8, 4) is 0 Å². The zero-order valence-electron chi connectivity index (χ0n) is 40.7. The van der Waals surface area contributed by atoms with Gasteiger partial charge >= 0.3 is 7.62 Å². The number of aliphatic hydroxyl groups excluding tert-OH is 3. The summed E-state index contributed by atoms with van der Waals surface area (Å²) in [6.45, 7) is 10.7. The van der Waals surface area contributed by atoms with Crippen LogP contribution in [0.1, 0.15) is 19.3 Å². The number of carbonyl (C=O) groups is 3. The predicted molar refractivity (Wildman–Crippen MR) is 252 cm³/mol. The summed E-state index contributed by atoms with van der Waals surface area (Å²) in [4.78, 5) is 39.4. The van der Waals surface area contributed by atoms with Gasteiger partial charge in [0.1, 0.15) is 24.6 Å². The highest BCUT2D eigenvalue weighted by atomic mass is 16.7. The normalized spacial score (nSPS) is 18.5. The highest BCUT2D eigenvalue weighted by Gasteiger charge is 2.43. The van der Waals surface area contributed by atoms with Crippen LogP contribution in [0.4, 0.5) is 0 Å². The number of aldehydes is 1. The molecule has 0 saturated carbocycles. The van der Waals surface area contributed by atoms with E-state index in [1.165, 1.54) is 11.1 Å². The topological polar surface area (TPSA) is 330 Å². The van der Waals surface area contributed by atoms with Crippen molar-refractivity contribution < 1.29 is 96.3 Å². The Bertz CT molecular complexity index is 1350. The molecule has 0 bridgehead atoms. The Morgan fingerprint density at radius 1 is 0.643 bits per heavy atom. The molecule has 405 valence electrons. The predicted octanol–water partition coefficient (Wildman–Crippen LogP) is -4.01. The largest absolute Gasteiger partial charge is 0.440 e. The van der Waals surface area contributed by atoms with Gasteiger partial charge in [0.2, 0.25) is 11.8 Å². The number of amides is 2. The SMILES string of the molecule is CN(CCC(=O)NCCOCCOCCOCCOCCOCCOCCOCCOCCOCCOCCOCCN=C/C(CCO[C@H]1OC(CCN[B]O)[C@@H](O)C(O)C1O)=N\N)C(=O)/C=C\C=O. The average Bonchev–Trinajstić information content (AvgIpc) is 3.36. The molecule has 0 spiro atoms. The van der Waals surface area contributed by atoms with E-state index < -0.39 is 30.7 Å². The molecule has 27 heteroatoms. The number of aliphatic hydroxyl groups is 3. The third kappa shape index (κ3) is 37.6. The fourth-order valence-electron chi connectivity index (χ4n) is 5.59. The average molecular weight is 1010 g/mol. The quantitative estimate of drug-likeness (QED) is 0.00581. The highest BCUT2D eigenvalue weighted by Crippen LogP contribution is 2.24. The van der Waals surface area contributed by atoms with Crippen LogP contribution in [0.3, 0.4) is 0 Å². The number of nitrogens with zero attached hydrogens (tertiary/aromatic N) is 3. The first-order valence-electron chi connectivity index (χ1n) is 23.5. The molecule has 5 atom stereocenters. The zero-order chi connectivity index (χ0) is 51.0. The number of aliphatic imine (C=N–C) groups is 1. The molecule has 0 aromatic heterocycles. The Labute approximate surface area is 412 Å². The first kappa shape index (κ1) is 64.8. The number of hydrazone groups is 1. The Balaban J connectivity index is 1.76. The van der Waals surface area contributed by atoms with Crippen molar-refractivity contribution in [2.45, 2.75) is 50.0 Å². The molecule has 1 fully saturated rings. The van der Waals surface area contributed by atoms with Crippen LogP contribution in [-0.2, 0) is 76.0 Å². The van der Waals surface area contributed by atoms with E-state index in [1.54, 1.807) is 7.05 Å². The minimum atomic E-state index is -1.46. The molecule has 26 nitrogen and oxygen atoms in total. The molecule has 1 saturated heterocycles. The Kier molecular flexibility index (Phi) is 44.6. The number of hydrogen-bond acceptors (Lipinski definition) is 24. The summed E-state index contributed by atoms with van der Waals surface area (Å²) in [5.41, 5.74) is 0.441. The molecule has 1 aliphatic heterocycles. The number of nitrogens with two attached hydrogens (primary N) is 1. The lowest BCUT2D eigenvalue weighted by Gasteiger charge is -2.40. The molecule has 1 heterocycles. The summed E-state index contributed by atoms with van der Waals surface area (Å²) in [7, 11) is 2.32. The van der Waals surface area contributed by atoms with Gasteiger partial charge in [0, 0.05) is 45.3 Å². The molecular weight excluding hydrogens is 931 g/mol. The van der Waals surface area contributed by atoms with Gasteiger partial charge in [0.15, 0.2) is 6.29 Å². The Morgan fingerprint density at radius 3 is 1.54 bits per heavy atom. The van der Waals surface area contributed by atoms with Crippen LogP contribution in [0.2, 0.25) is 0 Å². The first-order chi connectivity index (χ1) is 34.2. The fourth-order valence-corrected chi connectivity index (χ4v) is 5.59. The standard InChI is InChI=1S/C43H80BN6O20/c1-50(39(53)3-2-11-51)10-5-38(52)47-9-14-59-16-18-61-20-22-63-24-26-65-28-30-67-32-34-68-33-31-66-29-27-64-25-23-62-21-19-60-17-15-58-13-8-46-35-36(49-45)6-12-69-43-42(56)41(55)40(54)37(70-43)4-7-48-44-57/h2-3,11,35,37,40-43,48,54-57H,4-10,12-34,45H2,1H3,(H,47,52)/b3-2-,46-35?,49-36-/t37?,40-,41?,42?,43+/m1/s1. The number of hydrogen-bond donors (Lipinski definition) is 7. The molecule has 70 heavy (non-hydrogen) atoms. The monoisotopic (exact) mass is 1010 g/mol. The van der Waals surface area contributed by atoms with E-state index in [-0.39, 0.29) is 50.8 Å². The summed E-state index contributed by atoms with van der Waals surface area (Å²) in [5, 5.41) is 48.2. The molecule has 0 aromatic rings. The lowest BCUT2D eigenvalue weighted by molar-refractivity contribution is -0.296. The molecule has 1 aliphatic rings. The van der Waals surface area contributed by atoms with Crippen molar-refractivity contribution in [2.75, 3.05) is 185 Å². The Morgan fingerprint density at radius 2 is 1.10 bits per heavy atom. The summed E-state index contributed by atoms with van der Waals surface area (Å²) < 4.78 is 71.5. The van der Waals surface area contributed by atoms with Crippen LogP contribution in [0.15, 0.2) is 22.2 Å². The van der Waals surface area contributed by atoms with E-state index >= 15 is 0 Å². The summed E-state index contributed by atoms with van der Waals surface area (Å²) in [6, 6.07) is 0. The van der Waals surface area contributed by atoms with Crippen LogP contribution in [0.25, 0.3) is 0 Å². The zero-order valence-corrected chi connectivity index (χ0v) is 40.7. The van der Waals surface area contributed by atoms with Crippen LogP contribution in [-0.4, -0.2) is 279 Å². The second-order valence-corrected chi connectivity index (χ2v) is 14.8. The maximum atomic E-state index is 11.9. The molecule has 2 amide bonds. The lowest BCUT2D eigenvalue weighted by Crippen LogP contribution is -2.58. The number of nitrogens with one attached hydrogen (secondary N) is 2. The molecule has 0 aliphatic carbocycles. The van der Waals surface area contributed by atoms with E-state index in [4.69, 9.17) is 72.4 Å². The van der Waals surface area contributed by atoms with Crippen LogP contribution >= 0.6 is 0 Å². The fraction of sp³-hybridized carbons (Fsp3) is 0.837. The van der Waals surface area contributed by atoms with Crippen molar-refractivity contribution in [2.24, 2.45) is 15.9 Å². The van der Waals surface area contributed by atoms with Gasteiger partial charge in [0.05, 0.1) is 170 Å². The number of carbonyl (C=O) groups excluding carboxylic acids is 3. The molecule has 1 radical (unpaired) electrons. The summed E-state index contributed by atoms with van der Waals surface area (Å²) in [6.07, 6.45) is -1.24. The second kappa shape index (κ2) is 48.1.